The number of para-hydroxylation sites is 1. The molecule has 2 N–H and O–H groups in total. The Morgan fingerprint density at radius 2 is 1.70 bits per heavy atom. The molecule has 0 aliphatic carbocycles. The van der Waals surface area contributed by atoms with Gasteiger partial charge in [-0.15, -0.1) is 11.8 Å². The first-order valence-corrected chi connectivity index (χ1v) is 12.9. The van der Waals surface area contributed by atoms with Crippen molar-refractivity contribution in [3.8, 4) is 22.4 Å². The van der Waals surface area contributed by atoms with Crippen LogP contribution >= 0.6 is 23.4 Å². The number of carbonyl (C=O) groups excluding carboxylic acids is 1. The molecule has 4 aromatic carbocycles. The summed E-state index contributed by atoms with van der Waals surface area (Å²) in [6.45, 7) is 0. The van der Waals surface area contributed by atoms with Crippen molar-refractivity contribution in [3.05, 3.63) is 107 Å². The Labute approximate surface area is 220 Å². The Kier molecular flexibility index (Phi) is 6.75. The van der Waals surface area contributed by atoms with Crippen LogP contribution in [0.4, 0.5) is 18.9 Å². The lowest BCUT2D eigenvalue weighted by atomic mass is 9.97. The summed E-state index contributed by atoms with van der Waals surface area (Å²) < 4.78 is 40.1. The highest BCUT2D eigenvalue weighted by atomic mass is 35.5. The van der Waals surface area contributed by atoms with Gasteiger partial charge in [0, 0.05) is 38.3 Å². The van der Waals surface area contributed by atoms with Gasteiger partial charge in [0.1, 0.15) is 0 Å². The summed E-state index contributed by atoms with van der Waals surface area (Å²) in [6, 6.07) is 25.1. The third-order valence-corrected chi connectivity index (χ3v) is 7.07. The van der Waals surface area contributed by atoms with Crippen LogP contribution in [0.2, 0.25) is 5.02 Å². The van der Waals surface area contributed by atoms with Crippen molar-refractivity contribution in [1.82, 2.24) is 4.98 Å². The number of benzene rings is 4. The van der Waals surface area contributed by atoms with Gasteiger partial charge in [0.05, 0.1) is 10.6 Å². The molecule has 0 aliphatic rings. The summed E-state index contributed by atoms with van der Waals surface area (Å²) in [6.07, 6.45) is -2.62. The van der Waals surface area contributed by atoms with E-state index in [1.807, 2.05) is 36.6 Å². The van der Waals surface area contributed by atoms with E-state index in [1.165, 1.54) is 17.8 Å². The zero-order valence-electron chi connectivity index (χ0n) is 19.5. The number of alkyl halides is 3. The average molecular weight is 537 g/mol. The van der Waals surface area contributed by atoms with Gasteiger partial charge in [-0.1, -0.05) is 41.9 Å². The van der Waals surface area contributed by atoms with Crippen LogP contribution in [0.15, 0.2) is 95.9 Å². The monoisotopic (exact) mass is 536 g/mol. The Morgan fingerprint density at radius 1 is 0.892 bits per heavy atom. The second-order valence-electron chi connectivity index (χ2n) is 8.41. The molecular formula is C29H20ClF3N2OS. The van der Waals surface area contributed by atoms with Gasteiger partial charge in [-0.25, -0.2) is 0 Å². The average Bonchev–Trinajstić information content (AvgIpc) is 3.33. The number of H-pyrrole nitrogens is 1. The number of aromatic nitrogens is 1. The zero-order chi connectivity index (χ0) is 26.2. The molecule has 5 aromatic rings. The second-order valence-corrected chi connectivity index (χ2v) is 9.70. The van der Waals surface area contributed by atoms with Crippen LogP contribution in [0.5, 0.6) is 0 Å². The highest BCUT2D eigenvalue weighted by Gasteiger charge is 2.30. The van der Waals surface area contributed by atoms with Crippen LogP contribution in [0.25, 0.3) is 33.3 Å². The van der Waals surface area contributed by atoms with Crippen LogP contribution in [0.1, 0.15) is 15.9 Å². The van der Waals surface area contributed by atoms with Crippen molar-refractivity contribution in [2.75, 3.05) is 11.6 Å². The minimum Gasteiger partial charge on any atom is -0.354 e. The first kappa shape index (κ1) is 25.0. The van der Waals surface area contributed by atoms with Gasteiger partial charge in [-0.05, 0) is 78.0 Å². The van der Waals surface area contributed by atoms with Crippen molar-refractivity contribution in [3.63, 3.8) is 0 Å². The molecule has 1 amide bonds. The van der Waals surface area contributed by atoms with Gasteiger partial charge in [0.2, 0.25) is 0 Å². The minimum atomic E-state index is -4.49. The van der Waals surface area contributed by atoms with Crippen LogP contribution in [-0.2, 0) is 6.18 Å². The van der Waals surface area contributed by atoms with E-state index in [4.69, 9.17) is 11.6 Å². The summed E-state index contributed by atoms with van der Waals surface area (Å²) in [5.74, 6) is -0.440. The number of thioether (sulfide) groups is 1. The molecule has 0 radical (unpaired) electrons. The lowest BCUT2D eigenvalue weighted by Crippen LogP contribution is -2.13. The number of aromatic amines is 1. The molecule has 37 heavy (non-hydrogen) atoms. The van der Waals surface area contributed by atoms with Crippen molar-refractivity contribution >= 4 is 45.9 Å². The first-order valence-electron chi connectivity index (χ1n) is 11.3. The third kappa shape index (κ3) is 5.24. The Hall–Kier alpha value is -3.68. The molecule has 186 valence electrons. The normalized spacial score (nSPS) is 11.6. The van der Waals surface area contributed by atoms with Gasteiger partial charge in [-0.3, -0.25) is 4.79 Å². The largest absolute Gasteiger partial charge is 0.416 e. The number of hydrogen-bond acceptors (Lipinski definition) is 2. The standard InChI is InChI=1S/C29H20ClF3N2OS/c1-37-21-10-11-22(23(16-21)17-6-4-7-19(13-17)29(31,32)33)28(36)34-20-9-12-25(30)24(15-20)27-14-18-5-2-3-8-26(18)35-27/h2-16,35H,1H3,(H,34,36). The van der Waals surface area contributed by atoms with Gasteiger partial charge in [0.25, 0.3) is 5.91 Å². The Bertz CT molecular complexity index is 1590. The summed E-state index contributed by atoms with van der Waals surface area (Å²) in [7, 11) is 0. The zero-order valence-corrected chi connectivity index (χ0v) is 21.1. The van der Waals surface area contributed by atoms with E-state index in [0.29, 0.717) is 27.4 Å². The van der Waals surface area contributed by atoms with Crippen molar-refractivity contribution < 1.29 is 18.0 Å². The summed E-state index contributed by atoms with van der Waals surface area (Å²) in [4.78, 5) is 17.5. The topological polar surface area (TPSA) is 44.9 Å². The number of halogens is 4. The smallest absolute Gasteiger partial charge is 0.354 e. The highest BCUT2D eigenvalue weighted by molar-refractivity contribution is 7.98. The molecule has 1 heterocycles. The molecule has 0 saturated heterocycles. The molecule has 5 rings (SSSR count). The second kappa shape index (κ2) is 10.00. The molecule has 0 aliphatic heterocycles. The van der Waals surface area contributed by atoms with Gasteiger partial charge in [0.15, 0.2) is 0 Å². The Morgan fingerprint density at radius 3 is 2.46 bits per heavy atom. The number of rotatable bonds is 5. The highest BCUT2D eigenvalue weighted by Crippen LogP contribution is 2.36. The van der Waals surface area contributed by atoms with Crippen molar-refractivity contribution in [1.29, 1.82) is 0 Å². The van der Waals surface area contributed by atoms with E-state index in [1.54, 1.807) is 42.5 Å². The fraction of sp³-hybridized carbons (Fsp3) is 0.0690. The number of hydrogen-bond donors (Lipinski definition) is 2. The molecule has 0 spiro atoms. The maximum Gasteiger partial charge on any atom is 0.416 e. The first-order chi connectivity index (χ1) is 17.7. The molecule has 3 nitrogen and oxygen atoms in total. The lowest BCUT2D eigenvalue weighted by molar-refractivity contribution is -0.137. The summed E-state index contributed by atoms with van der Waals surface area (Å²) in [5, 5.41) is 4.42. The molecule has 0 saturated carbocycles. The molecule has 1 aromatic heterocycles. The van der Waals surface area contributed by atoms with Crippen LogP contribution in [-0.4, -0.2) is 17.1 Å². The third-order valence-electron chi connectivity index (χ3n) is 6.02. The molecule has 0 fully saturated rings. The van der Waals surface area contributed by atoms with Gasteiger partial charge >= 0.3 is 6.18 Å². The molecule has 0 bridgehead atoms. The van der Waals surface area contributed by atoms with Crippen molar-refractivity contribution in [2.45, 2.75) is 11.1 Å². The van der Waals surface area contributed by atoms with E-state index >= 15 is 0 Å². The van der Waals surface area contributed by atoms with E-state index in [9.17, 15) is 18.0 Å². The number of anilines is 1. The molecular weight excluding hydrogens is 517 g/mol. The van der Waals surface area contributed by atoms with Crippen LogP contribution in [0, 0.1) is 0 Å². The number of amides is 1. The van der Waals surface area contributed by atoms with Crippen molar-refractivity contribution in [2.24, 2.45) is 0 Å². The van der Waals surface area contributed by atoms with Gasteiger partial charge < -0.3 is 10.3 Å². The van der Waals surface area contributed by atoms with E-state index < -0.39 is 17.6 Å². The lowest BCUT2D eigenvalue weighted by Gasteiger charge is -2.14. The van der Waals surface area contributed by atoms with E-state index in [2.05, 4.69) is 10.3 Å². The fourth-order valence-corrected chi connectivity index (χ4v) is 4.84. The van der Waals surface area contributed by atoms with Crippen LogP contribution in [0.3, 0.4) is 0 Å². The molecule has 8 heteroatoms. The van der Waals surface area contributed by atoms with Crippen LogP contribution < -0.4 is 5.32 Å². The maximum absolute atomic E-state index is 13.4. The minimum absolute atomic E-state index is 0.263. The molecule has 0 atom stereocenters. The maximum atomic E-state index is 13.4. The fourth-order valence-electron chi connectivity index (χ4n) is 4.18. The Balaban J connectivity index is 1.50. The predicted molar refractivity (Wildman–Crippen MR) is 145 cm³/mol. The number of nitrogens with one attached hydrogen (secondary N) is 2. The number of fused-ring (bicyclic) bond motifs is 1. The van der Waals surface area contributed by atoms with E-state index in [-0.39, 0.29) is 5.56 Å². The van der Waals surface area contributed by atoms with E-state index in [0.717, 1.165) is 33.6 Å². The SMILES string of the molecule is CSc1ccc(C(=O)Nc2ccc(Cl)c(-c3cc4ccccc4[nH]3)c2)c(-c2cccc(C(F)(F)F)c2)c1. The van der Waals surface area contributed by atoms with Gasteiger partial charge in [-0.2, -0.15) is 13.2 Å². The molecule has 0 unspecified atom stereocenters. The number of carbonyl (C=O) groups is 1. The summed E-state index contributed by atoms with van der Waals surface area (Å²) in [5.41, 5.74) is 3.20. The predicted octanol–water partition coefficient (Wildman–Crippen LogP) is 9.15. The quantitative estimate of drug-likeness (QED) is 0.220. The summed E-state index contributed by atoms with van der Waals surface area (Å²) >= 11 is 7.92.